The Labute approximate surface area is 151 Å². The third-order valence-corrected chi connectivity index (χ3v) is 3.85. The minimum Gasteiger partial charge on any atom is -0.467 e. The first kappa shape index (κ1) is 18.1. The minimum atomic E-state index is -0.337. The lowest BCUT2D eigenvalue weighted by Crippen LogP contribution is -2.37. The first-order valence-electron chi connectivity index (χ1n) is 8.44. The molecule has 0 aliphatic carbocycles. The van der Waals surface area contributed by atoms with Crippen molar-refractivity contribution < 1.29 is 18.3 Å². The van der Waals surface area contributed by atoms with Crippen LogP contribution in [0.1, 0.15) is 23.6 Å². The Bertz CT molecular complexity index is 796. The van der Waals surface area contributed by atoms with E-state index in [0.29, 0.717) is 49.1 Å². The third-order valence-electron chi connectivity index (χ3n) is 3.85. The first-order valence-corrected chi connectivity index (χ1v) is 8.44. The number of hydrogen-bond acceptors (Lipinski definition) is 3. The molecule has 0 amide bonds. The van der Waals surface area contributed by atoms with E-state index in [1.165, 1.54) is 24.3 Å². The van der Waals surface area contributed by atoms with Crippen molar-refractivity contribution in [1.82, 2.24) is 10.6 Å². The fourth-order valence-electron chi connectivity index (χ4n) is 2.71. The molecule has 2 N–H and O–H groups in total. The monoisotopic (exact) mass is 361 g/mol. The Morgan fingerprint density at radius 1 is 1.15 bits per heavy atom. The molecule has 2 aromatic rings. The van der Waals surface area contributed by atoms with Gasteiger partial charge in [-0.25, -0.2) is 13.8 Å². The maximum Gasteiger partial charge on any atom is 0.191 e. The summed E-state index contributed by atoms with van der Waals surface area (Å²) in [6, 6.07) is 9.16. The van der Waals surface area contributed by atoms with Gasteiger partial charge in [0.25, 0.3) is 0 Å². The topological polar surface area (TPSA) is 54.9 Å². The molecule has 0 aromatic heterocycles. The second-order valence-electron chi connectivity index (χ2n) is 5.84. The lowest BCUT2D eigenvalue weighted by molar-refractivity contribution is -0.0172. The highest BCUT2D eigenvalue weighted by Crippen LogP contribution is 2.29. The number of nitrogens with one attached hydrogen (secondary N) is 2. The molecule has 5 nitrogen and oxygen atoms in total. The summed E-state index contributed by atoms with van der Waals surface area (Å²) in [4.78, 5) is 4.44. The molecule has 0 fully saturated rings. The normalized spacial score (nSPS) is 13.7. The second kappa shape index (κ2) is 8.62. The van der Waals surface area contributed by atoms with Gasteiger partial charge in [0.15, 0.2) is 12.8 Å². The van der Waals surface area contributed by atoms with Gasteiger partial charge in [0.2, 0.25) is 0 Å². The van der Waals surface area contributed by atoms with Crippen molar-refractivity contribution in [3.8, 4) is 5.75 Å². The maximum absolute atomic E-state index is 13.8. The molecule has 0 unspecified atom stereocenters. The molecule has 0 saturated heterocycles. The Kier molecular flexibility index (Phi) is 6.01. The van der Waals surface area contributed by atoms with Crippen LogP contribution in [0.3, 0.4) is 0 Å². The van der Waals surface area contributed by atoms with Gasteiger partial charge < -0.3 is 20.1 Å². The summed E-state index contributed by atoms with van der Waals surface area (Å²) >= 11 is 0. The Balaban J connectivity index is 1.71. The average Bonchev–Trinajstić information content (AvgIpc) is 2.63. The summed E-state index contributed by atoms with van der Waals surface area (Å²) < 4.78 is 37.8. The molecule has 1 heterocycles. The molecule has 26 heavy (non-hydrogen) atoms. The number of hydrogen-bond donors (Lipinski definition) is 2. The highest BCUT2D eigenvalue weighted by molar-refractivity contribution is 5.79. The van der Waals surface area contributed by atoms with Crippen LogP contribution in [0, 0.1) is 11.6 Å². The number of nitrogens with zero attached hydrogens (tertiary/aromatic N) is 1. The fraction of sp³-hybridized carbons (Fsp3) is 0.316. The molecule has 0 spiro atoms. The lowest BCUT2D eigenvalue weighted by Gasteiger charge is -2.21. The molecule has 7 heteroatoms. The van der Waals surface area contributed by atoms with Crippen molar-refractivity contribution in [2.24, 2.45) is 4.99 Å². The number of halogens is 2. The van der Waals surface area contributed by atoms with Crippen LogP contribution in [0.25, 0.3) is 0 Å². The number of fused-ring (bicyclic) bond motifs is 1. The number of rotatable bonds is 5. The van der Waals surface area contributed by atoms with E-state index >= 15 is 0 Å². The Hall–Kier alpha value is -2.67. The van der Waals surface area contributed by atoms with E-state index in [9.17, 15) is 8.78 Å². The summed E-state index contributed by atoms with van der Waals surface area (Å²) in [5, 5.41) is 6.28. The number of benzene rings is 2. The molecular formula is C19H21F2N3O2. The molecule has 0 radical (unpaired) electrons. The van der Waals surface area contributed by atoms with E-state index in [2.05, 4.69) is 15.6 Å². The van der Waals surface area contributed by atoms with Crippen molar-refractivity contribution in [1.29, 1.82) is 0 Å². The number of ether oxygens (including phenoxy) is 2. The molecule has 2 aromatic carbocycles. The van der Waals surface area contributed by atoms with Gasteiger partial charge in [0.1, 0.15) is 17.4 Å². The van der Waals surface area contributed by atoms with Gasteiger partial charge >= 0.3 is 0 Å². The number of aliphatic imine (C=N–C) groups is 1. The molecule has 1 aliphatic rings. The van der Waals surface area contributed by atoms with Gasteiger partial charge in [-0.05, 0) is 36.8 Å². The summed E-state index contributed by atoms with van der Waals surface area (Å²) in [7, 11) is 0. The SMILES string of the molecule is CCNC(=NCc1cccc(F)c1)NCc1cc(F)cc2c1OCOC2. The smallest absolute Gasteiger partial charge is 0.191 e. The summed E-state index contributed by atoms with van der Waals surface area (Å²) in [5.41, 5.74) is 2.15. The molecule has 0 bridgehead atoms. The van der Waals surface area contributed by atoms with Crippen molar-refractivity contribution >= 4 is 5.96 Å². The van der Waals surface area contributed by atoms with Crippen LogP contribution in [0.2, 0.25) is 0 Å². The van der Waals surface area contributed by atoms with Crippen molar-refractivity contribution in [3.05, 3.63) is 64.7 Å². The Morgan fingerprint density at radius 3 is 2.85 bits per heavy atom. The predicted molar refractivity (Wildman–Crippen MR) is 94.7 cm³/mol. The molecule has 0 atom stereocenters. The zero-order chi connectivity index (χ0) is 18.4. The van der Waals surface area contributed by atoms with Gasteiger partial charge in [0, 0.05) is 24.2 Å². The summed E-state index contributed by atoms with van der Waals surface area (Å²) in [6.07, 6.45) is 0. The van der Waals surface area contributed by atoms with Crippen LogP contribution in [0.4, 0.5) is 8.78 Å². The minimum absolute atomic E-state index is 0.152. The van der Waals surface area contributed by atoms with Crippen molar-refractivity contribution in [2.45, 2.75) is 26.6 Å². The molecule has 3 rings (SSSR count). The molecule has 0 saturated carbocycles. The van der Waals surface area contributed by atoms with Crippen molar-refractivity contribution in [3.63, 3.8) is 0 Å². The van der Waals surface area contributed by atoms with Crippen LogP contribution >= 0.6 is 0 Å². The van der Waals surface area contributed by atoms with Gasteiger partial charge in [-0.2, -0.15) is 0 Å². The van der Waals surface area contributed by atoms with Gasteiger partial charge in [-0.1, -0.05) is 12.1 Å². The largest absolute Gasteiger partial charge is 0.467 e. The van der Waals surface area contributed by atoms with Gasteiger partial charge in [-0.3, -0.25) is 0 Å². The molecule has 1 aliphatic heterocycles. The van der Waals surface area contributed by atoms with E-state index < -0.39 is 0 Å². The summed E-state index contributed by atoms with van der Waals surface area (Å²) in [6.45, 7) is 3.77. The van der Waals surface area contributed by atoms with Crippen LogP contribution in [0.5, 0.6) is 5.75 Å². The van der Waals surface area contributed by atoms with Crippen LogP contribution < -0.4 is 15.4 Å². The zero-order valence-corrected chi connectivity index (χ0v) is 14.5. The maximum atomic E-state index is 13.8. The molecule has 138 valence electrons. The standard InChI is InChI=1S/C19H21F2N3O2/c1-2-22-19(23-9-13-4-3-5-16(20)6-13)24-10-14-7-17(21)8-15-11-25-12-26-18(14)15/h3-8H,2,9-12H2,1H3,(H2,22,23,24). The fourth-order valence-corrected chi connectivity index (χ4v) is 2.71. The van der Waals surface area contributed by atoms with Crippen LogP contribution in [-0.4, -0.2) is 19.3 Å². The van der Waals surface area contributed by atoms with Crippen LogP contribution in [-0.2, 0) is 24.4 Å². The quantitative estimate of drug-likeness (QED) is 0.635. The van der Waals surface area contributed by atoms with Crippen molar-refractivity contribution in [2.75, 3.05) is 13.3 Å². The van der Waals surface area contributed by atoms with Crippen LogP contribution in [0.15, 0.2) is 41.4 Å². The van der Waals surface area contributed by atoms with E-state index in [0.717, 1.165) is 5.56 Å². The van der Waals surface area contributed by atoms with Gasteiger partial charge in [0.05, 0.1) is 13.2 Å². The number of guanidine groups is 1. The predicted octanol–water partition coefficient (Wildman–Crippen LogP) is 3.09. The highest BCUT2D eigenvalue weighted by atomic mass is 19.1. The zero-order valence-electron chi connectivity index (χ0n) is 14.5. The van der Waals surface area contributed by atoms with E-state index in [-0.39, 0.29) is 18.4 Å². The van der Waals surface area contributed by atoms with E-state index in [1.54, 1.807) is 6.07 Å². The second-order valence-corrected chi connectivity index (χ2v) is 5.84. The third kappa shape index (κ3) is 4.70. The summed E-state index contributed by atoms with van der Waals surface area (Å²) in [5.74, 6) is 0.575. The van der Waals surface area contributed by atoms with E-state index in [1.807, 2.05) is 13.0 Å². The average molecular weight is 361 g/mol. The molecular weight excluding hydrogens is 340 g/mol. The van der Waals surface area contributed by atoms with E-state index in [4.69, 9.17) is 9.47 Å². The lowest BCUT2D eigenvalue weighted by atomic mass is 10.1. The first-order chi connectivity index (χ1) is 12.7. The highest BCUT2D eigenvalue weighted by Gasteiger charge is 2.17. The van der Waals surface area contributed by atoms with Gasteiger partial charge in [-0.15, -0.1) is 0 Å². The Morgan fingerprint density at radius 2 is 2.04 bits per heavy atom.